The zero-order valence-corrected chi connectivity index (χ0v) is 18.3. The second-order valence-electron chi connectivity index (χ2n) is 8.97. The first-order valence-corrected chi connectivity index (χ1v) is 11.1. The Bertz CT molecular complexity index is 1100. The molecule has 0 radical (unpaired) electrons. The molecule has 4 unspecified atom stereocenters. The van der Waals surface area contributed by atoms with Gasteiger partial charge in [0.1, 0.15) is 11.8 Å². The summed E-state index contributed by atoms with van der Waals surface area (Å²) in [5, 5.41) is 10.5. The molecular weight excluding hydrogens is 400 g/mol. The zero-order valence-electron chi connectivity index (χ0n) is 18.3. The second kappa shape index (κ2) is 8.37. The molecule has 0 aliphatic carbocycles. The molecule has 3 heterocycles. The van der Waals surface area contributed by atoms with Crippen molar-refractivity contribution in [1.29, 1.82) is 0 Å². The Labute approximate surface area is 188 Å². The summed E-state index contributed by atoms with van der Waals surface area (Å²) in [6, 6.07) is 19.2. The molecule has 164 valence electrons. The molecule has 3 aromatic rings. The maximum Gasteiger partial charge on any atom is 0.242 e. The summed E-state index contributed by atoms with van der Waals surface area (Å²) in [6.45, 7) is 4.87. The number of fused-ring (bicyclic) bond motifs is 1. The van der Waals surface area contributed by atoms with Gasteiger partial charge in [0, 0.05) is 30.4 Å². The highest BCUT2D eigenvalue weighted by molar-refractivity contribution is 5.86. The van der Waals surface area contributed by atoms with E-state index in [1.165, 1.54) is 5.56 Å². The van der Waals surface area contributed by atoms with E-state index >= 15 is 0 Å². The molecule has 32 heavy (non-hydrogen) atoms. The molecule has 1 amide bonds. The monoisotopic (exact) mass is 428 g/mol. The Hall–Kier alpha value is -3.22. The number of para-hydroxylation sites is 1. The number of likely N-dealkylation sites (tertiary alicyclic amines) is 1. The number of hydrogen-bond acceptors (Lipinski definition) is 5. The Kier molecular flexibility index (Phi) is 5.41. The molecule has 2 aliphatic heterocycles. The first-order valence-electron chi connectivity index (χ1n) is 11.1. The number of carbonyl (C=O) groups excluding carboxylic acids is 1. The average Bonchev–Trinajstić information content (AvgIpc) is 3.34. The van der Waals surface area contributed by atoms with E-state index in [4.69, 9.17) is 0 Å². The van der Waals surface area contributed by atoms with Crippen LogP contribution >= 0.6 is 0 Å². The van der Waals surface area contributed by atoms with Crippen LogP contribution in [-0.2, 0) is 11.3 Å². The minimum absolute atomic E-state index is 0.0650. The van der Waals surface area contributed by atoms with Crippen molar-refractivity contribution < 1.29 is 9.90 Å². The van der Waals surface area contributed by atoms with Gasteiger partial charge in [-0.15, -0.1) is 0 Å². The van der Waals surface area contributed by atoms with Gasteiger partial charge in [-0.2, -0.15) is 0 Å². The van der Waals surface area contributed by atoms with Crippen LogP contribution in [0.1, 0.15) is 54.1 Å². The molecule has 2 aliphatic rings. The standard InChI is InChI=1S/C26H28N4O2/c1-16(2)18-7-9-19(10-8-18)25-22-23(20-5-3-4-6-21(20)31)28-29-24(22)26(32)30(25)15-17-11-13-27-14-12-17/h3-14,16,22-25,28-29,31H,15H2,1-2H3. The normalized spacial score (nSPS) is 24.8. The fraction of sp³-hybridized carbons (Fsp3) is 0.308. The van der Waals surface area contributed by atoms with Gasteiger partial charge in [0.05, 0.1) is 12.1 Å². The fourth-order valence-corrected chi connectivity index (χ4v) is 5.06. The molecule has 6 nitrogen and oxygen atoms in total. The van der Waals surface area contributed by atoms with Crippen LogP contribution in [0.5, 0.6) is 5.75 Å². The molecule has 2 fully saturated rings. The SMILES string of the molecule is CC(C)c1ccc(C2C3C(NNC3c3ccccc3O)C(=O)N2Cc2ccncc2)cc1. The van der Waals surface area contributed by atoms with Crippen molar-refractivity contribution in [3.63, 3.8) is 0 Å². The van der Waals surface area contributed by atoms with Crippen LogP contribution < -0.4 is 10.9 Å². The maximum absolute atomic E-state index is 13.6. The number of rotatable bonds is 5. The van der Waals surface area contributed by atoms with Crippen LogP contribution in [-0.4, -0.2) is 26.9 Å². The number of phenols is 1. The van der Waals surface area contributed by atoms with E-state index in [2.05, 4.69) is 53.9 Å². The molecule has 0 spiro atoms. The Morgan fingerprint density at radius 3 is 2.34 bits per heavy atom. The van der Waals surface area contributed by atoms with Gasteiger partial charge >= 0.3 is 0 Å². The summed E-state index contributed by atoms with van der Waals surface area (Å²) >= 11 is 0. The lowest BCUT2D eigenvalue weighted by Crippen LogP contribution is -2.41. The number of amides is 1. The lowest BCUT2D eigenvalue weighted by molar-refractivity contribution is -0.131. The third kappa shape index (κ3) is 3.55. The van der Waals surface area contributed by atoms with Crippen LogP contribution in [0.15, 0.2) is 73.1 Å². The van der Waals surface area contributed by atoms with Gasteiger partial charge in [-0.05, 0) is 40.8 Å². The fourth-order valence-electron chi connectivity index (χ4n) is 5.06. The largest absolute Gasteiger partial charge is 0.508 e. The zero-order chi connectivity index (χ0) is 22.2. The number of aromatic nitrogens is 1. The predicted octanol–water partition coefficient (Wildman–Crippen LogP) is 3.83. The highest BCUT2D eigenvalue weighted by Gasteiger charge is 2.55. The van der Waals surface area contributed by atoms with Gasteiger partial charge in [0.2, 0.25) is 5.91 Å². The molecule has 2 aromatic carbocycles. The molecule has 3 N–H and O–H groups in total. The van der Waals surface area contributed by atoms with Gasteiger partial charge in [0.25, 0.3) is 0 Å². The third-order valence-corrected chi connectivity index (χ3v) is 6.73. The number of carbonyl (C=O) groups is 1. The number of phenolic OH excluding ortho intramolecular Hbond substituents is 1. The quantitative estimate of drug-likeness (QED) is 0.576. The summed E-state index contributed by atoms with van der Waals surface area (Å²) in [5.41, 5.74) is 10.7. The predicted molar refractivity (Wildman–Crippen MR) is 122 cm³/mol. The van der Waals surface area contributed by atoms with Gasteiger partial charge in [-0.1, -0.05) is 56.3 Å². The Morgan fingerprint density at radius 1 is 0.969 bits per heavy atom. The first kappa shape index (κ1) is 20.7. The van der Waals surface area contributed by atoms with Crippen LogP contribution in [0.25, 0.3) is 0 Å². The van der Waals surface area contributed by atoms with Gasteiger partial charge < -0.3 is 10.0 Å². The lowest BCUT2D eigenvalue weighted by Gasteiger charge is -2.31. The third-order valence-electron chi connectivity index (χ3n) is 6.73. The smallest absolute Gasteiger partial charge is 0.242 e. The minimum Gasteiger partial charge on any atom is -0.508 e. The summed E-state index contributed by atoms with van der Waals surface area (Å²) in [5.74, 6) is 0.679. The molecule has 0 saturated carbocycles. The number of hydrogen-bond donors (Lipinski definition) is 3. The first-order chi connectivity index (χ1) is 15.5. The van der Waals surface area contributed by atoms with E-state index in [9.17, 15) is 9.90 Å². The van der Waals surface area contributed by atoms with E-state index < -0.39 is 0 Å². The number of aromatic hydroxyl groups is 1. The van der Waals surface area contributed by atoms with Crippen molar-refractivity contribution in [3.8, 4) is 5.75 Å². The number of hydrazine groups is 1. The number of nitrogens with one attached hydrogen (secondary N) is 2. The summed E-state index contributed by atoms with van der Waals surface area (Å²) in [6.07, 6.45) is 3.52. The van der Waals surface area contributed by atoms with Crippen LogP contribution in [0.4, 0.5) is 0 Å². The highest BCUT2D eigenvalue weighted by atomic mass is 16.3. The van der Waals surface area contributed by atoms with E-state index in [-0.39, 0.29) is 35.7 Å². The number of nitrogens with zero attached hydrogens (tertiary/aromatic N) is 2. The lowest BCUT2D eigenvalue weighted by atomic mass is 9.82. The molecular formula is C26H28N4O2. The molecule has 5 rings (SSSR count). The Balaban J connectivity index is 1.57. The van der Waals surface area contributed by atoms with E-state index in [1.807, 2.05) is 35.2 Å². The van der Waals surface area contributed by atoms with Crippen molar-refractivity contribution in [2.45, 2.75) is 44.4 Å². The summed E-state index contributed by atoms with van der Waals surface area (Å²) in [4.78, 5) is 19.6. The van der Waals surface area contributed by atoms with E-state index in [0.717, 1.165) is 16.7 Å². The van der Waals surface area contributed by atoms with Crippen molar-refractivity contribution >= 4 is 5.91 Å². The molecule has 0 bridgehead atoms. The molecule has 6 heteroatoms. The summed E-state index contributed by atoms with van der Waals surface area (Å²) < 4.78 is 0. The van der Waals surface area contributed by atoms with Crippen LogP contribution in [0, 0.1) is 5.92 Å². The summed E-state index contributed by atoms with van der Waals surface area (Å²) in [7, 11) is 0. The highest BCUT2D eigenvalue weighted by Crippen LogP contribution is 2.49. The molecule has 4 atom stereocenters. The van der Waals surface area contributed by atoms with Crippen molar-refractivity contribution in [3.05, 3.63) is 95.3 Å². The minimum atomic E-state index is -0.365. The van der Waals surface area contributed by atoms with Crippen molar-refractivity contribution in [2.24, 2.45) is 5.92 Å². The Morgan fingerprint density at radius 2 is 1.66 bits per heavy atom. The maximum atomic E-state index is 13.6. The van der Waals surface area contributed by atoms with Gasteiger partial charge in [-0.25, -0.2) is 10.9 Å². The number of benzene rings is 2. The second-order valence-corrected chi connectivity index (χ2v) is 8.97. The van der Waals surface area contributed by atoms with Crippen molar-refractivity contribution in [2.75, 3.05) is 0 Å². The van der Waals surface area contributed by atoms with Gasteiger partial charge in [0.15, 0.2) is 0 Å². The average molecular weight is 429 g/mol. The topological polar surface area (TPSA) is 77.5 Å². The van der Waals surface area contributed by atoms with Crippen LogP contribution in [0.3, 0.4) is 0 Å². The van der Waals surface area contributed by atoms with E-state index in [0.29, 0.717) is 12.5 Å². The molecule has 2 saturated heterocycles. The van der Waals surface area contributed by atoms with Crippen molar-refractivity contribution in [1.82, 2.24) is 20.7 Å². The number of pyridine rings is 1. The van der Waals surface area contributed by atoms with Gasteiger partial charge in [-0.3, -0.25) is 9.78 Å². The molecule has 1 aromatic heterocycles. The van der Waals surface area contributed by atoms with Crippen LogP contribution in [0.2, 0.25) is 0 Å². The van der Waals surface area contributed by atoms with E-state index in [1.54, 1.807) is 18.5 Å².